The van der Waals surface area contributed by atoms with Crippen LogP contribution < -0.4 is 11.1 Å². The first kappa shape index (κ1) is 8.52. The number of piperidine rings is 1. The van der Waals surface area contributed by atoms with Crippen LogP contribution in [0.5, 0.6) is 0 Å². The van der Waals surface area contributed by atoms with Gasteiger partial charge in [-0.2, -0.15) is 0 Å². The summed E-state index contributed by atoms with van der Waals surface area (Å²) in [6, 6.07) is 0.762. The van der Waals surface area contributed by atoms with Crippen LogP contribution in [-0.4, -0.2) is 19.1 Å². The van der Waals surface area contributed by atoms with Crippen molar-refractivity contribution in [1.82, 2.24) is 5.32 Å². The van der Waals surface area contributed by atoms with Gasteiger partial charge in [0.2, 0.25) is 0 Å². The average molecular weight is 168 g/mol. The van der Waals surface area contributed by atoms with E-state index in [1.165, 1.54) is 38.6 Å². The maximum atomic E-state index is 5.77. The maximum absolute atomic E-state index is 5.77. The van der Waals surface area contributed by atoms with Crippen molar-refractivity contribution in [1.29, 1.82) is 0 Å². The molecule has 2 nitrogen and oxygen atoms in total. The van der Waals surface area contributed by atoms with Gasteiger partial charge in [0.1, 0.15) is 0 Å². The Hall–Kier alpha value is -0.0800. The van der Waals surface area contributed by atoms with E-state index in [2.05, 4.69) is 5.32 Å². The number of fused-ring (bicyclic) bond motifs is 1. The van der Waals surface area contributed by atoms with Gasteiger partial charge >= 0.3 is 0 Å². The molecule has 3 atom stereocenters. The Kier molecular flexibility index (Phi) is 2.66. The lowest BCUT2D eigenvalue weighted by Gasteiger charge is -2.41. The molecular formula is C10H20N2. The molecule has 1 aliphatic carbocycles. The Bertz CT molecular complexity index is 138. The molecule has 0 aromatic heterocycles. The van der Waals surface area contributed by atoms with E-state index in [1.807, 2.05) is 0 Å². The number of rotatable bonds is 1. The molecule has 1 aliphatic heterocycles. The monoisotopic (exact) mass is 168 g/mol. The molecule has 0 aromatic rings. The van der Waals surface area contributed by atoms with Gasteiger partial charge in [0, 0.05) is 6.04 Å². The van der Waals surface area contributed by atoms with Crippen LogP contribution >= 0.6 is 0 Å². The third-order valence-corrected chi connectivity index (χ3v) is 3.60. The van der Waals surface area contributed by atoms with Gasteiger partial charge in [0.15, 0.2) is 0 Å². The largest absolute Gasteiger partial charge is 0.330 e. The van der Waals surface area contributed by atoms with Crippen LogP contribution in [0.3, 0.4) is 0 Å². The molecule has 12 heavy (non-hydrogen) atoms. The SMILES string of the molecule is NCC1CCCC2CCCNC12. The second-order valence-electron chi connectivity index (χ2n) is 4.31. The highest BCUT2D eigenvalue weighted by atomic mass is 14.9. The molecule has 1 saturated heterocycles. The molecule has 1 heterocycles. The molecule has 2 fully saturated rings. The highest BCUT2D eigenvalue weighted by molar-refractivity contribution is 4.90. The van der Waals surface area contributed by atoms with Crippen molar-refractivity contribution in [3.05, 3.63) is 0 Å². The van der Waals surface area contributed by atoms with E-state index >= 15 is 0 Å². The third kappa shape index (κ3) is 1.50. The summed E-state index contributed by atoms with van der Waals surface area (Å²) in [5.41, 5.74) is 5.77. The van der Waals surface area contributed by atoms with Crippen molar-refractivity contribution in [2.24, 2.45) is 17.6 Å². The van der Waals surface area contributed by atoms with Crippen molar-refractivity contribution in [2.75, 3.05) is 13.1 Å². The summed E-state index contributed by atoms with van der Waals surface area (Å²) >= 11 is 0. The number of hydrogen-bond acceptors (Lipinski definition) is 2. The van der Waals surface area contributed by atoms with Gasteiger partial charge < -0.3 is 11.1 Å². The summed E-state index contributed by atoms with van der Waals surface area (Å²) in [6.07, 6.45) is 7.01. The fraction of sp³-hybridized carbons (Fsp3) is 1.00. The molecule has 2 rings (SSSR count). The lowest BCUT2D eigenvalue weighted by molar-refractivity contribution is 0.150. The molecule has 0 bridgehead atoms. The zero-order valence-corrected chi connectivity index (χ0v) is 7.76. The molecule has 0 spiro atoms. The first-order chi connectivity index (χ1) is 5.92. The van der Waals surface area contributed by atoms with E-state index in [0.29, 0.717) is 0 Å². The molecule has 3 unspecified atom stereocenters. The third-order valence-electron chi connectivity index (χ3n) is 3.60. The minimum Gasteiger partial charge on any atom is -0.330 e. The summed E-state index contributed by atoms with van der Waals surface area (Å²) in [4.78, 5) is 0. The summed E-state index contributed by atoms with van der Waals surface area (Å²) in [7, 11) is 0. The molecule has 1 saturated carbocycles. The molecule has 2 aliphatic rings. The van der Waals surface area contributed by atoms with Crippen LogP contribution in [-0.2, 0) is 0 Å². The first-order valence-corrected chi connectivity index (χ1v) is 5.35. The van der Waals surface area contributed by atoms with Gasteiger partial charge in [0.25, 0.3) is 0 Å². The molecule has 70 valence electrons. The predicted octanol–water partition coefficient (Wildman–Crippen LogP) is 1.11. The molecule has 2 heteroatoms. The average Bonchev–Trinajstić information content (AvgIpc) is 2.17. The fourth-order valence-corrected chi connectivity index (χ4v) is 2.94. The van der Waals surface area contributed by atoms with Crippen molar-refractivity contribution >= 4 is 0 Å². The van der Waals surface area contributed by atoms with E-state index in [1.54, 1.807) is 0 Å². The molecular weight excluding hydrogens is 148 g/mol. The normalized spacial score (nSPS) is 42.2. The Labute approximate surface area is 74.9 Å². The molecule has 0 radical (unpaired) electrons. The van der Waals surface area contributed by atoms with E-state index < -0.39 is 0 Å². The van der Waals surface area contributed by atoms with Crippen LogP contribution in [0.1, 0.15) is 32.1 Å². The number of nitrogens with one attached hydrogen (secondary N) is 1. The van der Waals surface area contributed by atoms with E-state index in [4.69, 9.17) is 5.73 Å². The maximum Gasteiger partial charge on any atom is 0.0136 e. The van der Waals surface area contributed by atoms with Crippen molar-refractivity contribution in [2.45, 2.75) is 38.1 Å². The van der Waals surface area contributed by atoms with Gasteiger partial charge in [-0.25, -0.2) is 0 Å². The zero-order valence-electron chi connectivity index (χ0n) is 7.76. The van der Waals surface area contributed by atoms with E-state index in [-0.39, 0.29) is 0 Å². The second kappa shape index (κ2) is 3.75. The van der Waals surface area contributed by atoms with Crippen LogP contribution in [0.25, 0.3) is 0 Å². The minimum absolute atomic E-state index is 0.762. The Morgan fingerprint density at radius 3 is 2.83 bits per heavy atom. The number of nitrogens with two attached hydrogens (primary N) is 1. The Morgan fingerprint density at radius 2 is 2.00 bits per heavy atom. The van der Waals surface area contributed by atoms with Crippen molar-refractivity contribution in [3.8, 4) is 0 Å². The van der Waals surface area contributed by atoms with Crippen molar-refractivity contribution in [3.63, 3.8) is 0 Å². The first-order valence-electron chi connectivity index (χ1n) is 5.35. The standard InChI is InChI=1S/C10H20N2/c11-7-9-4-1-3-8-5-2-6-12-10(8)9/h8-10,12H,1-7,11H2. The molecule has 3 N–H and O–H groups in total. The van der Waals surface area contributed by atoms with Crippen LogP contribution in [0, 0.1) is 11.8 Å². The smallest absolute Gasteiger partial charge is 0.0136 e. The fourth-order valence-electron chi connectivity index (χ4n) is 2.94. The Balaban J connectivity index is 1.99. The molecule has 0 amide bonds. The lowest BCUT2D eigenvalue weighted by Crippen LogP contribution is -2.50. The van der Waals surface area contributed by atoms with Gasteiger partial charge in [-0.15, -0.1) is 0 Å². The topological polar surface area (TPSA) is 38.0 Å². The highest BCUT2D eigenvalue weighted by Gasteiger charge is 2.33. The highest BCUT2D eigenvalue weighted by Crippen LogP contribution is 2.33. The van der Waals surface area contributed by atoms with Gasteiger partial charge in [-0.05, 0) is 50.6 Å². The van der Waals surface area contributed by atoms with Crippen LogP contribution in [0.4, 0.5) is 0 Å². The van der Waals surface area contributed by atoms with E-state index in [9.17, 15) is 0 Å². The number of hydrogen-bond donors (Lipinski definition) is 2. The summed E-state index contributed by atoms with van der Waals surface area (Å²) in [5, 5.41) is 3.64. The summed E-state index contributed by atoms with van der Waals surface area (Å²) in [5.74, 6) is 1.71. The summed E-state index contributed by atoms with van der Waals surface area (Å²) in [6.45, 7) is 2.10. The Morgan fingerprint density at radius 1 is 1.17 bits per heavy atom. The lowest BCUT2D eigenvalue weighted by atomic mass is 9.73. The quantitative estimate of drug-likeness (QED) is 0.615. The van der Waals surface area contributed by atoms with Gasteiger partial charge in [-0.1, -0.05) is 6.42 Å². The van der Waals surface area contributed by atoms with Crippen LogP contribution in [0.2, 0.25) is 0 Å². The summed E-state index contributed by atoms with van der Waals surface area (Å²) < 4.78 is 0. The zero-order chi connectivity index (χ0) is 8.39. The van der Waals surface area contributed by atoms with Gasteiger partial charge in [0.05, 0.1) is 0 Å². The second-order valence-corrected chi connectivity index (χ2v) is 4.31. The van der Waals surface area contributed by atoms with Gasteiger partial charge in [-0.3, -0.25) is 0 Å². The minimum atomic E-state index is 0.762. The predicted molar refractivity (Wildman–Crippen MR) is 50.9 cm³/mol. The molecule has 0 aromatic carbocycles. The van der Waals surface area contributed by atoms with Crippen LogP contribution in [0.15, 0.2) is 0 Å². The van der Waals surface area contributed by atoms with E-state index in [0.717, 1.165) is 24.4 Å². The van der Waals surface area contributed by atoms with Crippen molar-refractivity contribution < 1.29 is 0 Å².